The van der Waals surface area contributed by atoms with Gasteiger partial charge in [-0.3, -0.25) is 9.48 Å². The highest BCUT2D eigenvalue weighted by atomic mass is 16.2. The van der Waals surface area contributed by atoms with Crippen molar-refractivity contribution in [1.29, 1.82) is 0 Å². The van der Waals surface area contributed by atoms with Gasteiger partial charge in [-0.2, -0.15) is 5.10 Å². The maximum absolute atomic E-state index is 11.9. The molecule has 0 bridgehead atoms. The lowest BCUT2D eigenvalue weighted by molar-refractivity contribution is 0.0945. The second-order valence-electron chi connectivity index (χ2n) is 4.71. The molecule has 0 atom stereocenters. The zero-order valence-electron chi connectivity index (χ0n) is 11.3. The lowest BCUT2D eigenvalue weighted by Gasteiger charge is -2.05. The highest BCUT2D eigenvalue weighted by Gasteiger charge is 2.09. The van der Waals surface area contributed by atoms with Gasteiger partial charge in [-0.15, -0.1) is 0 Å². The van der Waals surface area contributed by atoms with Crippen LogP contribution >= 0.6 is 0 Å². The first kappa shape index (κ1) is 12.5. The summed E-state index contributed by atoms with van der Waals surface area (Å²) in [6, 6.07) is 9.87. The van der Waals surface area contributed by atoms with E-state index in [4.69, 9.17) is 0 Å². The third-order valence-electron chi connectivity index (χ3n) is 3.41. The maximum Gasteiger partial charge on any atom is 0.269 e. The molecule has 0 unspecified atom stereocenters. The topological polar surface area (TPSA) is 62.7 Å². The van der Waals surface area contributed by atoms with Gasteiger partial charge in [0, 0.05) is 36.9 Å². The van der Waals surface area contributed by atoms with Gasteiger partial charge in [-0.05, 0) is 24.1 Å². The van der Waals surface area contributed by atoms with E-state index in [1.807, 2.05) is 24.4 Å². The van der Waals surface area contributed by atoms with E-state index in [1.165, 1.54) is 10.9 Å². The number of fused-ring (bicyclic) bond motifs is 1. The summed E-state index contributed by atoms with van der Waals surface area (Å²) < 4.78 is 1.57. The van der Waals surface area contributed by atoms with Gasteiger partial charge in [-0.1, -0.05) is 18.2 Å². The molecule has 2 heterocycles. The van der Waals surface area contributed by atoms with E-state index in [1.54, 1.807) is 24.0 Å². The van der Waals surface area contributed by atoms with Crippen LogP contribution in [0.3, 0.4) is 0 Å². The Bertz CT molecular complexity index is 741. The normalized spacial score (nSPS) is 10.8. The Hall–Kier alpha value is -2.56. The number of benzene rings is 1. The largest absolute Gasteiger partial charge is 0.361 e. The van der Waals surface area contributed by atoms with Crippen LogP contribution in [0.4, 0.5) is 0 Å². The molecule has 1 aromatic carbocycles. The Morgan fingerprint density at radius 1 is 1.35 bits per heavy atom. The van der Waals surface area contributed by atoms with Crippen LogP contribution in [0.2, 0.25) is 0 Å². The summed E-state index contributed by atoms with van der Waals surface area (Å²) in [6.07, 6.45) is 4.42. The van der Waals surface area contributed by atoms with E-state index < -0.39 is 0 Å². The van der Waals surface area contributed by atoms with Crippen molar-refractivity contribution in [2.45, 2.75) is 6.42 Å². The van der Waals surface area contributed by atoms with E-state index in [2.05, 4.69) is 21.5 Å². The van der Waals surface area contributed by atoms with Gasteiger partial charge in [0.2, 0.25) is 0 Å². The summed E-state index contributed by atoms with van der Waals surface area (Å²) >= 11 is 0. The lowest BCUT2D eigenvalue weighted by atomic mass is 10.1. The van der Waals surface area contributed by atoms with Gasteiger partial charge in [0.15, 0.2) is 0 Å². The number of hydrogen-bond donors (Lipinski definition) is 2. The maximum atomic E-state index is 11.9. The van der Waals surface area contributed by atoms with Crippen LogP contribution in [0.25, 0.3) is 10.9 Å². The number of aromatic amines is 1. The number of nitrogens with zero attached hydrogens (tertiary/aromatic N) is 2. The predicted octanol–water partition coefficient (Wildman–Crippen LogP) is 1.87. The quantitative estimate of drug-likeness (QED) is 0.759. The number of carbonyl (C=O) groups excluding carboxylic acids is 1. The summed E-state index contributed by atoms with van der Waals surface area (Å²) in [4.78, 5) is 15.2. The first-order chi connectivity index (χ1) is 9.75. The molecule has 102 valence electrons. The Labute approximate surface area is 116 Å². The average Bonchev–Trinajstić information content (AvgIpc) is 3.05. The number of amides is 1. The summed E-state index contributed by atoms with van der Waals surface area (Å²) in [5, 5.41) is 8.11. The van der Waals surface area contributed by atoms with Crippen LogP contribution in [0, 0.1) is 0 Å². The summed E-state index contributed by atoms with van der Waals surface area (Å²) in [6.45, 7) is 0.603. The fourth-order valence-electron chi connectivity index (χ4n) is 2.34. The number of H-pyrrole nitrogens is 1. The first-order valence-corrected chi connectivity index (χ1v) is 6.57. The monoisotopic (exact) mass is 268 g/mol. The zero-order valence-corrected chi connectivity index (χ0v) is 11.3. The van der Waals surface area contributed by atoms with E-state index >= 15 is 0 Å². The summed E-state index contributed by atoms with van der Waals surface area (Å²) in [7, 11) is 1.76. The minimum Gasteiger partial charge on any atom is -0.361 e. The molecular formula is C15H16N4O. The van der Waals surface area contributed by atoms with Crippen LogP contribution < -0.4 is 5.32 Å². The van der Waals surface area contributed by atoms with Crippen molar-refractivity contribution < 1.29 is 4.79 Å². The Morgan fingerprint density at radius 2 is 2.20 bits per heavy atom. The van der Waals surface area contributed by atoms with Gasteiger partial charge in [-0.25, -0.2) is 0 Å². The van der Waals surface area contributed by atoms with Gasteiger partial charge < -0.3 is 10.3 Å². The fourth-order valence-corrected chi connectivity index (χ4v) is 2.34. The molecule has 0 spiro atoms. The second-order valence-corrected chi connectivity index (χ2v) is 4.71. The van der Waals surface area contributed by atoms with Gasteiger partial charge in [0.05, 0.1) is 0 Å². The zero-order chi connectivity index (χ0) is 13.9. The van der Waals surface area contributed by atoms with E-state index in [-0.39, 0.29) is 5.91 Å². The SMILES string of the molecule is Cn1nccc1C(=O)NCCc1c[nH]c2ccccc12. The molecular weight excluding hydrogens is 252 g/mol. The van der Waals surface area contributed by atoms with Crippen molar-refractivity contribution in [3.8, 4) is 0 Å². The average molecular weight is 268 g/mol. The molecule has 0 aliphatic rings. The molecule has 3 rings (SSSR count). The lowest BCUT2D eigenvalue weighted by Crippen LogP contribution is -2.27. The van der Waals surface area contributed by atoms with Crippen molar-refractivity contribution in [2.24, 2.45) is 7.05 Å². The molecule has 5 heteroatoms. The van der Waals surface area contributed by atoms with Gasteiger partial charge in [0.1, 0.15) is 5.69 Å². The van der Waals surface area contributed by atoms with E-state index in [9.17, 15) is 4.79 Å². The molecule has 2 N–H and O–H groups in total. The third kappa shape index (κ3) is 2.30. The number of aromatic nitrogens is 3. The van der Waals surface area contributed by atoms with Gasteiger partial charge in [0.25, 0.3) is 5.91 Å². The van der Waals surface area contributed by atoms with Crippen molar-refractivity contribution in [2.75, 3.05) is 6.54 Å². The minimum absolute atomic E-state index is 0.0927. The van der Waals surface area contributed by atoms with Crippen LogP contribution in [0.1, 0.15) is 16.1 Å². The van der Waals surface area contributed by atoms with Crippen LogP contribution in [-0.2, 0) is 13.5 Å². The summed E-state index contributed by atoms with van der Waals surface area (Å²) in [5.74, 6) is -0.0927. The Morgan fingerprint density at radius 3 is 3.00 bits per heavy atom. The molecule has 2 aromatic heterocycles. The van der Waals surface area contributed by atoms with Crippen molar-refractivity contribution in [3.05, 3.63) is 54.0 Å². The Balaban J connectivity index is 1.63. The highest BCUT2D eigenvalue weighted by molar-refractivity contribution is 5.92. The standard InChI is InChI=1S/C15H16N4O/c1-19-14(7-9-18-19)15(20)16-8-6-11-10-17-13-5-3-2-4-12(11)13/h2-5,7,9-10,17H,6,8H2,1H3,(H,16,20). The van der Waals surface area contributed by atoms with E-state index in [0.29, 0.717) is 12.2 Å². The molecule has 3 aromatic rings. The minimum atomic E-state index is -0.0927. The molecule has 0 saturated heterocycles. The van der Waals surface area contributed by atoms with Crippen molar-refractivity contribution >= 4 is 16.8 Å². The number of carbonyl (C=O) groups is 1. The number of para-hydroxylation sites is 1. The van der Waals surface area contributed by atoms with Crippen molar-refractivity contribution in [1.82, 2.24) is 20.1 Å². The molecule has 0 fully saturated rings. The van der Waals surface area contributed by atoms with Crippen LogP contribution in [-0.4, -0.2) is 27.2 Å². The number of hydrogen-bond acceptors (Lipinski definition) is 2. The predicted molar refractivity (Wildman–Crippen MR) is 77.5 cm³/mol. The van der Waals surface area contributed by atoms with E-state index in [0.717, 1.165) is 11.9 Å². The number of nitrogens with one attached hydrogen (secondary N) is 2. The van der Waals surface area contributed by atoms with Crippen molar-refractivity contribution in [3.63, 3.8) is 0 Å². The summed E-state index contributed by atoms with van der Waals surface area (Å²) in [5.41, 5.74) is 2.91. The van der Waals surface area contributed by atoms with Gasteiger partial charge >= 0.3 is 0 Å². The first-order valence-electron chi connectivity index (χ1n) is 6.57. The van der Waals surface area contributed by atoms with Crippen LogP contribution in [0.15, 0.2) is 42.7 Å². The Kier molecular flexibility index (Phi) is 3.25. The number of aryl methyl sites for hydroxylation is 1. The number of rotatable bonds is 4. The molecule has 0 radical (unpaired) electrons. The molecule has 5 nitrogen and oxygen atoms in total. The molecule has 1 amide bonds. The molecule has 20 heavy (non-hydrogen) atoms. The third-order valence-corrected chi connectivity index (χ3v) is 3.41. The van der Waals surface area contributed by atoms with Crippen LogP contribution in [0.5, 0.6) is 0 Å². The fraction of sp³-hybridized carbons (Fsp3) is 0.200. The smallest absolute Gasteiger partial charge is 0.269 e. The molecule has 0 aliphatic carbocycles. The molecule has 0 saturated carbocycles. The highest BCUT2D eigenvalue weighted by Crippen LogP contribution is 2.17. The molecule has 0 aliphatic heterocycles. The second kappa shape index (κ2) is 5.21.